The number of ether oxygens (including phenoxy) is 1. The van der Waals surface area contributed by atoms with Gasteiger partial charge in [-0.2, -0.15) is 5.06 Å². The van der Waals surface area contributed by atoms with Crippen LogP contribution >= 0.6 is 0 Å². The molecule has 4 aliphatic rings. The van der Waals surface area contributed by atoms with Crippen LogP contribution in [0.5, 0.6) is 5.75 Å². The molecule has 1 saturated heterocycles. The fourth-order valence-electron chi connectivity index (χ4n) is 8.80. The Bertz CT molecular complexity index is 1510. The number of likely N-dealkylation sites (N-methyl/N-ethyl adjacent to an activating group) is 1. The molecule has 4 N–H and O–H groups in total. The van der Waals surface area contributed by atoms with Gasteiger partial charge in [0.1, 0.15) is 17.9 Å². The molecule has 276 valence electrons. The number of anilines is 1. The first-order valence-electron chi connectivity index (χ1n) is 18.1. The number of aliphatic hydroxyl groups is 1. The number of aliphatic hydroxyl groups excluding tert-OH is 1. The van der Waals surface area contributed by atoms with Gasteiger partial charge in [0.15, 0.2) is 0 Å². The fraction of sp³-hybridized carbons (Fsp3) is 0.641. The molecule has 4 fully saturated rings. The van der Waals surface area contributed by atoms with Crippen LogP contribution in [0.1, 0.15) is 56.5 Å². The van der Waals surface area contributed by atoms with Gasteiger partial charge >= 0.3 is 0 Å². The van der Waals surface area contributed by atoms with E-state index < -0.39 is 12.1 Å². The van der Waals surface area contributed by atoms with E-state index in [1.54, 1.807) is 19.2 Å². The maximum absolute atomic E-state index is 14.6. The summed E-state index contributed by atoms with van der Waals surface area (Å²) in [6.07, 6.45) is 1.65. The van der Waals surface area contributed by atoms with E-state index in [4.69, 9.17) is 9.57 Å². The third kappa shape index (κ3) is 7.53. The smallest absolute Gasteiger partial charge is 0.251 e. The minimum absolute atomic E-state index is 0.0628. The van der Waals surface area contributed by atoms with Gasteiger partial charge in [0, 0.05) is 74.6 Å². The molecule has 2 bridgehead atoms. The van der Waals surface area contributed by atoms with Gasteiger partial charge in [0.2, 0.25) is 5.91 Å². The highest BCUT2D eigenvalue weighted by molar-refractivity contribution is 5.97. The lowest BCUT2D eigenvalue weighted by atomic mass is 9.45. The summed E-state index contributed by atoms with van der Waals surface area (Å²) in [5.41, 5.74) is 4.24. The number of hydrogen-bond donors (Lipinski definition) is 4. The second kappa shape index (κ2) is 15.6. The number of para-hydroxylation sites is 1. The Hall–Kier alpha value is -3.22. The number of nitrogens with zero attached hydrogens (tertiary/aromatic N) is 3. The van der Waals surface area contributed by atoms with Crippen LogP contribution < -0.4 is 25.6 Å². The van der Waals surface area contributed by atoms with Gasteiger partial charge in [0.25, 0.3) is 5.91 Å². The number of methoxy groups -OCH3 is 1. The average molecular weight is 693 g/mol. The lowest BCUT2D eigenvalue weighted by Crippen LogP contribution is -2.62. The van der Waals surface area contributed by atoms with Crippen LogP contribution in [-0.4, -0.2) is 113 Å². The fourth-order valence-corrected chi connectivity index (χ4v) is 8.80. The van der Waals surface area contributed by atoms with E-state index in [0.29, 0.717) is 34.5 Å². The number of carbonyl (C=O) groups excluding carboxylic acids is 2. The van der Waals surface area contributed by atoms with E-state index >= 15 is 0 Å². The Morgan fingerprint density at radius 1 is 1.14 bits per heavy atom. The Morgan fingerprint density at radius 2 is 1.88 bits per heavy atom. The maximum Gasteiger partial charge on any atom is 0.251 e. The molecular formula is C39H60N6O5. The number of hydrogen-bond acceptors (Lipinski definition) is 9. The van der Waals surface area contributed by atoms with Crippen molar-refractivity contribution in [3.8, 4) is 16.9 Å². The molecule has 11 heteroatoms. The molecule has 2 aromatic rings. The molecule has 0 radical (unpaired) electrons. The number of benzene rings is 2. The van der Waals surface area contributed by atoms with E-state index in [2.05, 4.69) is 48.5 Å². The molecule has 3 aliphatic carbocycles. The zero-order valence-corrected chi connectivity index (χ0v) is 31.7. The standard InChI is InChI=1S/C39H60N6O5/c1-23-31-19-28(39(31,3)4)20-32(23)42-38(48)35-34(24(2)41-14-15-43(6)7)33(22-46)50-45(35)21-25-12-11-13-30(36(25)49-10)26-16-27(37(47)40-5)18-29(17-26)44(8)9/h11-13,16-18,23-24,28,31-35,41,46H,14-15,19-22H2,1-10H3,(H,40,47)(H,42,48)/t23-,24?,28+,31+,32-,33-,34+,35-/m0/s1. The highest BCUT2D eigenvalue weighted by atomic mass is 16.7. The van der Waals surface area contributed by atoms with Crippen molar-refractivity contribution in [1.82, 2.24) is 25.9 Å². The summed E-state index contributed by atoms with van der Waals surface area (Å²) in [4.78, 5) is 37.9. The van der Waals surface area contributed by atoms with E-state index in [1.165, 1.54) is 6.42 Å². The largest absolute Gasteiger partial charge is 0.496 e. The van der Waals surface area contributed by atoms with E-state index in [9.17, 15) is 14.7 Å². The highest BCUT2D eigenvalue weighted by Crippen LogP contribution is 2.61. The van der Waals surface area contributed by atoms with Crippen molar-refractivity contribution >= 4 is 17.5 Å². The SMILES string of the molecule is CNC(=O)c1cc(-c2cccc(CN3O[C@@H](CO)[C@@H](C(C)NCCN(C)C)[C@H]3C(=O)N[C@H]3C[C@H]4C[C@H]([C@@H]3C)C4(C)C)c2OC)cc(N(C)C)c1. The van der Waals surface area contributed by atoms with Crippen molar-refractivity contribution in [3.63, 3.8) is 0 Å². The molecule has 0 spiro atoms. The quantitative estimate of drug-likeness (QED) is 0.236. The molecule has 2 aromatic carbocycles. The first-order valence-corrected chi connectivity index (χ1v) is 18.1. The van der Waals surface area contributed by atoms with Gasteiger partial charge in [-0.25, -0.2) is 0 Å². The van der Waals surface area contributed by atoms with Gasteiger partial charge in [-0.05, 0) is 80.8 Å². The molecule has 50 heavy (non-hydrogen) atoms. The molecule has 0 aromatic heterocycles. The Kier molecular flexibility index (Phi) is 11.8. The summed E-state index contributed by atoms with van der Waals surface area (Å²) >= 11 is 0. The van der Waals surface area contributed by atoms with E-state index in [1.807, 2.05) is 69.5 Å². The van der Waals surface area contributed by atoms with Crippen LogP contribution in [-0.2, 0) is 16.2 Å². The van der Waals surface area contributed by atoms with Crippen molar-refractivity contribution in [2.24, 2.45) is 29.1 Å². The molecule has 1 aliphatic heterocycles. The van der Waals surface area contributed by atoms with Gasteiger partial charge in [0.05, 0.1) is 20.3 Å². The van der Waals surface area contributed by atoms with Crippen molar-refractivity contribution in [1.29, 1.82) is 0 Å². The highest BCUT2D eigenvalue weighted by Gasteiger charge is 2.57. The molecular weight excluding hydrogens is 632 g/mol. The van der Waals surface area contributed by atoms with Crippen molar-refractivity contribution in [3.05, 3.63) is 47.5 Å². The van der Waals surface area contributed by atoms with Gasteiger partial charge in [-0.3, -0.25) is 14.4 Å². The minimum Gasteiger partial charge on any atom is -0.496 e. The molecule has 1 heterocycles. The predicted molar refractivity (Wildman–Crippen MR) is 198 cm³/mol. The van der Waals surface area contributed by atoms with Crippen LogP contribution in [0.25, 0.3) is 11.1 Å². The summed E-state index contributed by atoms with van der Waals surface area (Å²) in [6.45, 7) is 10.8. The van der Waals surface area contributed by atoms with E-state index in [0.717, 1.165) is 41.9 Å². The zero-order chi connectivity index (χ0) is 36.5. The normalized spacial score (nSPS) is 27.8. The van der Waals surface area contributed by atoms with Crippen LogP contribution in [0.4, 0.5) is 5.69 Å². The number of rotatable bonds is 14. The third-order valence-corrected chi connectivity index (χ3v) is 12.0. The van der Waals surface area contributed by atoms with Gasteiger partial charge in [-0.15, -0.1) is 0 Å². The van der Waals surface area contributed by atoms with Crippen molar-refractivity contribution in [2.75, 3.05) is 66.9 Å². The molecule has 3 saturated carbocycles. The number of amides is 2. The number of fused-ring (bicyclic) bond motifs is 2. The third-order valence-electron chi connectivity index (χ3n) is 12.0. The number of nitrogens with one attached hydrogen (secondary N) is 3. The van der Waals surface area contributed by atoms with Crippen molar-refractivity contribution < 1.29 is 24.3 Å². The summed E-state index contributed by atoms with van der Waals surface area (Å²) in [7, 11) is 11.2. The minimum atomic E-state index is -0.641. The summed E-state index contributed by atoms with van der Waals surface area (Å²) < 4.78 is 6.08. The first-order chi connectivity index (χ1) is 23.7. The van der Waals surface area contributed by atoms with Crippen LogP contribution in [0.15, 0.2) is 36.4 Å². The Balaban J connectivity index is 1.48. The van der Waals surface area contributed by atoms with Gasteiger partial charge < -0.3 is 35.6 Å². The molecule has 8 atom stereocenters. The second-order valence-electron chi connectivity index (χ2n) is 15.8. The Labute approximate surface area is 299 Å². The molecule has 1 unspecified atom stereocenters. The summed E-state index contributed by atoms with van der Waals surface area (Å²) in [6, 6.07) is 11.0. The molecule has 11 nitrogen and oxygen atoms in total. The maximum atomic E-state index is 14.6. The predicted octanol–water partition coefficient (Wildman–Crippen LogP) is 3.61. The lowest BCUT2D eigenvalue weighted by molar-refractivity contribution is -0.183. The summed E-state index contributed by atoms with van der Waals surface area (Å²) in [5, 5.41) is 22.2. The van der Waals surface area contributed by atoms with Crippen molar-refractivity contribution in [2.45, 2.75) is 71.3 Å². The van der Waals surface area contributed by atoms with E-state index in [-0.39, 0.29) is 43.0 Å². The monoisotopic (exact) mass is 692 g/mol. The topological polar surface area (TPSA) is 119 Å². The summed E-state index contributed by atoms with van der Waals surface area (Å²) in [5.74, 6) is 1.69. The zero-order valence-electron chi connectivity index (χ0n) is 31.7. The van der Waals surface area contributed by atoms with Crippen LogP contribution in [0.3, 0.4) is 0 Å². The first kappa shape index (κ1) is 38.0. The molecule has 2 amide bonds. The molecule has 6 rings (SSSR count). The Morgan fingerprint density at radius 3 is 2.48 bits per heavy atom. The number of hydroxylamine groups is 2. The number of carbonyl (C=O) groups is 2. The lowest BCUT2D eigenvalue weighted by Gasteiger charge is -2.62. The van der Waals surface area contributed by atoms with Crippen LogP contribution in [0.2, 0.25) is 0 Å². The van der Waals surface area contributed by atoms with Crippen LogP contribution in [0, 0.1) is 29.1 Å². The average Bonchev–Trinajstić information content (AvgIpc) is 3.46. The van der Waals surface area contributed by atoms with Gasteiger partial charge in [-0.1, -0.05) is 39.0 Å². The second-order valence-corrected chi connectivity index (χ2v) is 15.8.